The van der Waals surface area contributed by atoms with Crippen LogP contribution in [0.15, 0.2) is 4.79 Å². The Hall–Kier alpha value is -1.01. The summed E-state index contributed by atoms with van der Waals surface area (Å²) in [6.07, 6.45) is 6.76. The lowest BCUT2D eigenvalue weighted by molar-refractivity contribution is 0.629. The number of hydrogen-bond acceptors (Lipinski definition) is 2. The number of aryl methyl sites for hydroxylation is 1. The van der Waals surface area contributed by atoms with E-state index in [0.717, 1.165) is 30.0 Å². The van der Waals surface area contributed by atoms with Crippen LogP contribution < -0.4 is 4.87 Å². The maximum atomic E-state index is 11.4. The largest absolute Gasteiger partial charge is 0.307 e. The summed E-state index contributed by atoms with van der Waals surface area (Å²) in [7, 11) is 0. The van der Waals surface area contributed by atoms with Crippen LogP contribution in [0.5, 0.6) is 0 Å². The second kappa shape index (κ2) is 4.29. The number of nitrogens with zero attached hydrogens (tertiary/aromatic N) is 1. The third-order valence-corrected chi connectivity index (χ3v) is 3.07. The van der Waals surface area contributed by atoms with E-state index >= 15 is 0 Å². The molecule has 70 valence electrons. The van der Waals surface area contributed by atoms with Crippen LogP contribution in [0.2, 0.25) is 0 Å². The molecule has 0 fully saturated rings. The van der Waals surface area contributed by atoms with Gasteiger partial charge in [0.1, 0.15) is 0 Å². The Kier molecular flexibility index (Phi) is 3.32. The molecule has 0 unspecified atom stereocenters. The van der Waals surface area contributed by atoms with E-state index in [1.807, 2.05) is 13.8 Å². The van der Waals surface area contributed by atoms with Gasteiger partial charge in [-0.15, -0.1) is 12.3 Å². The molecule has 0 saturated carbocycles. The molecule has 1 aromatic rings. The minimum atomic E-state index is 0.132. The van der Waals surface area contributed by atoms with E-state index in [-0.39, 0.29) is 4.87 Å². The third-order valence-electron chi connectivity index (χ3n) is 2.08. The summed E-state index contributed by atoms with van der Waals surface area (Å²) in [5.41, 5.74) is 1.08. The summed E-state index contributed by atoms with van der Waals surface area (Å²) in [6, 6.07) is 0. The van der Waals surface area contributed by atoms with Gasteiger partial charge in [-0.05, 0) is 20.3 Å². The van der Waals surface area contributed by atoms with Crippen LogP contribution >= 0.6 is 11.3 Å². The van der Waals surface area contributed by atoms with Crippen molar-refractivity contribution in [2.24, 2.45) is 0 Å². The maximum Gasteiger partial charge on any atom is 0.307 e. The van der Waals surface area contributed by atoms with Crippen molar-refractivity contribution in [2.75, 3.05) is 0 Å². The van der Waals surface area contributed by atoms with Crippen LogP contribution in [0, 0.1) is 26.2 Å². The van der Waals surface area contributed by atoms with Crippen LogP contribution in [0.25, 0.3) is 0 Å². The van der Waals surface area contributed by atoms with Gasteiger partial charge in [-0.25, -0.2) is 0 Å². The summed E-state index contributed by atoms with van der Waals surface area (Å²) in [4.78, 5) is 12.6. The van der Waals surface area contributed by atoms with Crippen molar-refractivity contribution in [3.63, 3.8) is 0 Å². The van der Waals surface area contributed by atoms with Crippen molar-refractivity contribution in [2.45, 2.75) is 33.2 Å². The second-order valence-electron chi connectivity index (χ2n) is 2.97. The van der Waals surface area contributed by atoms with Gasteiger partial charge in [-0.3, -0.25) is 4.79 Å². The quantitative estimate of drug-likeness (QED) is 0.533. The Bertz CT molecular complexity index is 381. The molecule has 0 radical (unpaired) electrons. The molecule has 0 saturated heterocycles. The molecule has 0 aliphatic heterocycles. The smallest absolute Gasteiger partial charge is 0.303 e. The SMILES string of the molecule is C#CCCCn1c(C)c(C)sc1=O. The Morgan fingerprint density at radius 2 is 2.23 bits per heavy atom. The Morgan fingerprint density at radius 1 is 1.54 bits per heavy atom. The summed E-state index contributed by atoms with van der Waals surface area (Å²) >= 11 is 1.31. The zero-order valence-corrected chi connectivity index (χ0v) is 8.78. The van der Waals surface area contributed by atoms with Gasteiger partial charge in [0.05, 0.1) is 0 Å². The predicted octanol–water partition coefficient (Wildman–Crippen LogP) is 1.94. The number of unbranched alkanes of at least 4 members (excludes halogenated alkanes) is 1. The number of rotatable bonds is 3. The minimum Gasteiger partial charge on any atom is -0.303 e. The van der Waals surface area contributed by atoms with Gasteiger partial charge in [0.15, 0.2) is 0 Å². The van der Waals surface area contributed by atoms with Gasteiger partial charge in [-0.1, -0.05) is 11.3 Å². The lowest BCUT2D eigenvalue weighted by Crippen LogP contribution is -2.14. The molecule has 0 aliphatic rings. The van der Waals surface area contributed by atoms with Gasteiger partial charge in [0.2, 0.25) is 0 Å². The van der Waals surface area contributed by atoms with Crippen molar-refractivity contribution in [3.8, 4) is 12.3 Å². The zero-order chi connectivity index (χ0) is 9.84. The van der Waals surface area contributed by atoms with Crippen LogP contribution in [0.1, 0.15) is 23.4 Å². The Morgan fingerprint density at radius 3 is 2.69 bits per heavy atom. The molecule has 13 heavy (non-hydrogen) atoms. The fourth-order valence-electron chi connectivity index (χ4n) is 1.19. The molecule has 0 spiro atoms. The van der Waals surface area contributed by atoms with E-state index in [2.05, 4.69) is 5.92 Å². The van der Waals surface area contributed by atoms with Gasteiger partial charge in [-0.2, -0.15) is 0 Å². The Balaban J connectivity index is 2.77. The summed E-state index contributed by atoms with van der Waals surface area (Å²) in [5, 5.41) is 0. The first-order chi connectivity index (χ1) is 6.16. The highest BCUT2D eigenvalue weighted by atomic mass is 32.1. The minimum absolute atomic E-state index is 0.132. The van der Waals surface area contributed by atoms with E-state index in [1.54, 1.807) is 4.57 Å². The fourth-order valence-corrected chi connectivity index (χ4v) is 2.04. The van der Waals surface area contributed by atoms with Crippen molar-refractivity contribution in [3.05, 3.63) is 20.2 Å². The lowest BCUT2D eigenvalue weighted by atomic mass is 10.3. The molecule has 0 aromatic carbocycles. The average Bonchev–Trinajstić information content (AvgIpc) is 2.32. The summed E-state index contributed by atoms with van der Waals surface area (Å²) in [5.74, 6) is 2.57. The third kappa shape index (κ3) is 2.22. The first-order valence-corrected chi connectivity index (χ1v) is 5.08. The summed E-state index contributed by atoms with van der Waals surface area (Å²) < 4.78 is 1.80. The van der Waals surface area contributed by atoms with Crippen LogP contribution in [-0.4, -0.2) is 4.57 Å². The Labute approximate surface area is 82.2 Å². The highest BCUT2D eigenvalue weighted by Crippen LogP contribution is 2.09. The lowest BCUT2D eigenvalue weighted by Gasteiger charge is -2.01. The van der Waals surface area contributed by atoms with Crippen LogP contribution in [0.4, 0.5) is 0 Å². The van der Waals surface area contributed by atoms with Crippen molar-refractivity contribution in [1.29, 1.82) is 0 Å². The fraction of sp³-hybridized carbons (Fsp3) is 0.500. The molecule has 1 rings (SSSR count). The second-order valence-corrected chi connectivity index (χ2v) is 4.13. The van der Waals surface area contributed by atoms with Gasteiger partial charge >= 0.3 is 4.87 Å². The van der Waals surface area contributed by atoms with E-state index in [0.29, 0.717) is 0 Å². The van der Waals surface area contributed by atoms with E-state index < -0.39 is 0 Å². The standard InChI is InChI=1S/C10H13NOS/c1-4-5-6-7-11-8(2)9(3)13-10(11)12/h1H,5-7H2,2-3H3. The first kappa shape index (κ1) is 10.1. The number of thiazole rings is 1. The highest BCUT2D eigenvalue weighted by molar-refractivity contribution is 7.09. The predicted molar refractivity (Wildman–Crippen MR) is 56.1 cm³/mol. The van der Waals surface area contributed by atoms with Gasteiger partial charge in [0, 0.05) is 23.5 Å². The van der Waals surface area contributed by atoms with E-state index in [1.165, 1.54) is 11.3 Å². The van der Waals surface area contributed by atoms with Crippen molar-refractivity contribution < 1.29 is 0 Å². The topological polar surface area (TPSA) is 22.0 Å². The van der Waals surface area contributed by atoms with Gasteiger partial charge in [0.25, 0.3) is 0 Å². The zero-order valence-electron chi connectivity index (χ0n) is 7.96. The molecule has 0 N–H and O–H groups in total. The van der Waals surface area contributed by atoms with E-state index in [4.69, 9.17) is 6.42 Å². The van der Waals surface area contributed by atoms with Crippen LogP contribution in [-0.2, 0) is 6.54 Å². The molecule has 1 aromatic heterocycles. The molecule has 0 atom stereocenters. The monoisotopic (exact) mass is 195 g/mol. The van der Waals surface area contributed by atoms with Crippen molar-refractivity contribution >= 4 is 11.3 Å². The molecule has 0 aliphatic carbocycles. The van der Waals surface area contributed by atoms with E-state index in [9.17, 15) is 4.79 Å². The molecule has 2 nitrogen and oxygen atoms in total. The number of aromatic nitrogens is 1. The molecular formula is C10H13NOS. The maximum absolute atomic E-state index is 11.4. The molecule has 3 heteroatoms. The normalized spacial score (nSPS) is 9.92. The molecule has 0 bridgehead atoms. The molecule has 1 heterocycles. The highest BCUT2D eigenvalue weighted by Gasteiger charge is 2.05. The number of terminal acetylenes is 1. The van der Waals surface area contributed by atoms with Crippen LogP contribution in [0.3, 0.4) is 0 Å². The number of hydrogen-bond donors (Lipinski definition) is 0. The molecule has 0 amide bonds. The van der Waals surface area contributed by atoms with Gasteiger partial charge < -0.3 is 4.57 Å². The molecular weight excluding hydrogens is 182 g/mol. The summed E-state index contributed by atoms with van der Waals surface area (Å²) in [6.45, 7) is 4.70. The average molecular weight is 195 g/mol. The first-order valence-electron chi connectivity index (χ1n) is 4.27. The van der Waals surface area contributed by atoms with Crippen molar-refractivity contribution in [1.82, 2.24) is 4.57 Å².